The maximum atomic E-state index is 12.9. The number of nitrogens with zero attached hydrogens (tertiary/aromatic N) is 1. The number of rotatable bonds is 4. The van der Waals surface area contributed by atoms with Crippen LogP contribution in [0.4, 0.5) is 22.0 Å². The van der Waals surface area contributed by atoms with Gasteiger partial charge in [0.15, 0.2) is 0 Å². The minimum absolute atomic E-state index is 0.0597. The Morgan fingerprint density at radius 1 is 1.16 bits per heavy atom. The fraction of sp³-hybridized carbons (Fsp3) is 1.00. The van der Waals surface area contributed by atoms with Crippen molar-refractivity contribution in [3.05, 3.63) is 0 Å². The molecule has 1 heterocycles. The lowest BCUT2D eigenvalue weighted by Crippen LogP contribution is -2.56. The second kappa shape index (κ2) is 5.46. The third-order valence-electron chi connectivity index (χ3n) is 2.60. The van der Waals surface area contributed by atoms with Crippen molar-refractivity contribution >= 4 is 10.0 Å². The first kappa shape index (κ1) is 16.5. The third kappa shape index (κ3) is 3.74. The highest BCUT2D eigenvalue weighted by Gasteiger charge is 2.62. The Bertz CT molecular complexity index is 405. The summed E-state index contributed by atoms with van der Waals surface area (Å²) in [6.45, 7) is -0.0620. The first-order valence-corrected chi connectivity index (χ1v) is 6.85. The van der Waals surface area contributed by atoms with E-state index in [0.29, 0.717) is 0 Å². The minimum atomic E-state index is -5.88. The van der Waals surface area contributed by atoms with E-state index in [1.54, 1.807) is 0 Å². The minimum Gasteiger partial charge on any atom is -0.379 e. The second-order valence-corrected chi connectivity index (χ2v) is 6.03. The molecule has 2 N–H and O–H groups in total. The van der Waals surface area contributed by atoms with Gasteiger partial charge < -0.3 is 10.5 Å². The molecule has 0 bridgehead atoms. The predicted molar refractivity (Wildman–Crippen MR) is 55.2 cm³/mol. The van der Waals surface area contributed by atoms with Crippen LogP contribution in [0.15, 0.2) is 0 Å². The molecule has 1 atom stereocenters. The first-order chi connectivity index (χ1) is 8.48. The molecule has 0 aromatic carbocycles. The van der Waals surface area contributed by atoms with Crippen LogP contribution in [0.3, 0.4) is 0 Å². The zero-order chi connectivity index (χ0) is 14.9. The van der Waals surface area contributed by atoms with Crippen LogP contribution in [-0.2, 0) is 14.8 Å². The second-order valence-electron chi connectivity index (χ2n) is 4.02. The predicted octanol–water partition coefficient (Wildman–Crippen LogP) is 0.173. The van der Waals surface area contributed by atoms with E-state index in [2.05, 4.69) is 0 Å². The lowest BCUT2D eigenvalue weighted by molar-refractivity contribution is -0.287. The Morgan fingerprint density at radius 3 is 2.05 bits per heavy atom. The van der Waals surface area contributed by atoms with Crippen molar-refractivity contribution in [3.63, 3.8) is 0 Å². The number of sulfonamides is 1. The van der Waals surface area contributed by atoms with E-state index in [9.17, 15) is 30.4 Å². The smallest absolute Gasteiger partial charge is 0.379 e. The number of nitrogens with two attached hydrogens (primary N) is 1. The molecule has 1 unspecified atom stereocenters. The SMILES string of the molecule is NC(CS(=O)(=O)N1CCOCC1)C(F)(F)C(F)(F)F. The third-order valence-corrected chi connectivity index (χ3v) is 4.53. The zero-order valence-electron chi connectivity index (χ0n) is 9.66. The number of halogens is 5. The summed E-state index contributed by atoms with van der Waals surface area (Å²) in [5.74, 6) is -6.73. The molecule has 11 heteroatoms. The molecule has 1 fully saturated rings. The van der Waals surface area contributed by atoms with E-state index in [4.69, 9.17) is 10.5 Å². The molecule has 1 rings (SSSR count). The van der Waals surface area contributed by atoms with Crippen LogP contribution < -0.4 is 5.73 Å². The summed E-state index contributed by atoms with van der Waals surface area (Å²) in [5, 5.41) is 0. The Morgan fingerprint density at radius 2 is 1.63 bits per heavy atom. The lowest BCUT2D eigenvalue weighted by atomic mass is 10.2. The Balaban J connectivity index is 2.77. The maximum Gasteiger partial charge on any atom is 0.454 e. The van der Waals surface area contributed by atoms with Crippen molar-refractivity contribution in [1.29, 1.82) is 0 Å². The quantitative estimate of drug-likeness (QED) is 0.751. The highest BCUT2D eigenvalue weighted by atomic mass is 32.2. The molecule has 1 saturated heterocycles. The summed E-state index contributed by atoms with van der Waals surface area (Å²) in [4.78, 5) is 0. The van der Waals surface area contributed by atoms with Gasteiger partial charge in [-0.3, -0.25) is 0 Å². The van der Waals surface area contributed by atoms with Crippen LogP contribution in [0, 0.1) is 0 Å². The maximum absolute atomic E-state index is 12.9. The lowest BCUT2D eigenvalue weighted by Gasteiger charge is -2.30. The van der Waals surface area contributed by atoms with Crippen molar-refractivity contribution < 1.29 is 35.1 Å². The topological polar surface area (TPSA) is 72.6 Å². The van der Waals surface area contributed by atoms with Crippen molar-refractivity contribution in [3.8, 4) is 0 Å². The van der Waals surface area contributed by atoms with Crippen molar-refractivity contribution in [2.45, 2.75) is 18.1 Å². The van der Waals surface area contributed by atoms with Gasteiger partial charge in [-0.25, -0.2) is 8.42 Å². The molecule has 0 aliphatic carbocycles. The molecular formula is C8H13F5N2O3S. The zero-order valence-corrected chi connectivity index (χ0v) is 10.5. The van der Waals surface area contributed by atoms with E-state index in [0.717, 1.165) is 4.31 Å². The van der Waals surface area contributed by atoms with Crippen LogP contribution in [0.2, 0.25) is 0 Å². The molecule has 0 radical (unpaired) electrons. The molecule has 0 aromatic rings. The van der Waals surface area contributed by atoms with Crippen molar-refractivity contribution in [2.24, 2.45) is 5.73 Å². The van der Waals surface area contributed by atoms with Crippen LogP contribution in [0.5, 0.6) is 0 Å². The van der Waals surface area contributed by atoms with Gasteiger partial charge in [0, 0.05) is 13.1 Å². The normalized spacial score (nSPS) is 21.4. The number of ether oxygens (including phenoxy) is 1. The highest BCUT2D eigenvalue weighted by molar-refractivity contribution is 7.89. The average Bonchev–Trinajstić information content (AvgIpc) is 2.28. The molecule has 1 aliphatic rings. The van der Waals surface area contributed by atoms with Gasteiger partial charge in [0.05, 0.1) is 25.0 Å². The molecule has 0 aromatic heterocycles. The van der Waals surface area contributed by atoms with Crippen LogP contribution in [0.25, 0.3) is 0 Å². The summed E-state index contributed by atoms with van der Waals surface area (Å²) in [6.07, 6.45) is -5.88. The van der Waals surface area contributed by atoms with Gasteiger partial charge in [-0.2, -0.15) is 26.3 Å². The largest absolute Gasteiger partial charge is 0.454 e. The molecular weight excluding hydrogens is 299 g/mol. The Kier molecular flexibility index (Phi) is 4.75. The van der Waals surface area contributed by atoms with Gasteiger partial charge in [0.2, 0.25) is 10.0 Å². The van der Waals surface area contributed by atoms with E-state index < -0.39 is 33.9 Å². The van der Waals surface area contributed by atoms with Gasteiger partial charge >= 0.3 is 12.1 Å². The highest BCUT2D eigenvalue weighted by Crippen LogP contribution is 2.37. The molecule has 1 aliphatic heterocycles. The summed E-state index contributed by atoms with van der Waals surface area (Å²) in [6, 6.07) is -2.85. The summed E-state index contributed by atoms with van der Waals surface area (Å²) >= 11 is 0. The average molecular weight is 312 g/mol. The number of morpholine rings is 1. The van der Waals surface area contributed by atoms with E-state index in [1.165, 1.54) is 0 Å². The van der Waals surface area contributed by atoms with Gasteiger partial charge in [-0.15, -0.1) is 0 Å². The Hall–Kier alpha value is -0.520. The van der Waals surface area contributed by atoms with Crippen molar-refractivity contribution in [2.75, 3.05) is 32.1 Å². The van der Waals surface area contributed by atoms with Gasteiger partial charge in [0.25, 0.3) is 0 Å². The van der Waals surface area contributed by atoms with E-state index in [1.807, 2.05) is 0 Å². The van der Waals surface area contributed by atoms with Gasteiger partial charge in [-0.05, 0) is 0 Å². The molecule has 19 heavy (non-hydrogen) atoms. The van der Waals surface area contributed by atoms with E-state index in [-0.39, 0.29) is 26.3 Å². The van der Waals surface area contributed by atoms with Gasteiger partial charge in [-0.1, -0.05) is 0 Å². The molecule has 0 saturated carbocycles. The molecule has 5 nitrogen and oxygen atoms in total. The van der Waals surface area contributed by atoms with E-state index >= 15 is 0 Å². The number of hydrogen-bond donors (Lipinski definition) is 1. The fourth-order valence-electron chi connectivity index (χ4n) is 1.47. The number of alkyl halides is 5. The Labute approximate surface area is 106 Å². The van der Waals surface area contributed by atoms with Crippen molar-refractivity contribution in [1.82, 2.24) is 4.31 Å². The van der Waals surface area contributed by atoms with Crippen LogP contribution in [0.1, 0.15) is 0 Å². The molecule has 0 spiro atoms. The fourth-order valence-corrected chi connectivity index (χ4v) is 3.05. The monoisotopic (exact) mass is 312 g/mol. The summed E-state index contributed by atoms with van der Waals surface area (Å²) < 4.78 is 90.8. The standard InChI is InChI=1S/C8H13F5N2O3S/c9-7(10,8(11,12)13)6(14)5-19(16,17)15-1-3-18-4-2-15/h6H,1-5,14H2. The van der Waals surface area contributed by atoms with Crippen LogP contribution in [-0.4, -0.2) is 62.9 Å². The summed E-state index contributed by atoms with van der Waals surface area (Å²) in [7, 11) is -4.28. The van der Waals surface area contributed by atoms with Gasteiger partial charge in [0.1, 0.15) is 0 Å². The van der Waals surface area contributed by atoms with Crippen LogP contribution >= 0.6 is 0 Å². The molecule has 114 valence electrons. The summed E-state index contributed by atoms with van der Waals surface area (Å²) in [5.41, 5.74) is 4.72. The first-order valence-electron chi connectivity index (χ1n) is 5.24. The molecule has 0 amide bonds. The number of hydrogen-bond acceptors (Lipinski definition) is 4.